The van der Waals surface area contributed by atoms with E-state index in [4.69, 9.17) is 9.47 Å². The van der Waals surface area contributed by atoms with E-state index in [2.05, 4.69) is 23.5 Å². The monoisotopic (exact) mass is 520 g/mol. The van der Waals surface area contributed by atoms with Crippen LogP contribution in [0.3, 0.4) is 0 Å². The highest BCUT2D eigenvalue weighted by molar-refractivity contribution is 6.39. The average Bonchev–Trinajstić information content (AvgIpc) is 2.95. The molecule has 4 aromatic carbocycles. The maximum atomic E-state index is 13.3. The Labute approximate surface area is 226 Å². The number of fused-ring (bicyclic) bond motifs is 1. The Balaban J connectivity index is 1.41. The number of urea groups is 1. The van der Waals surface area contributed by atoms with E-state index in [1.54, 1.807) is 30.3 Å². The van der Waals surface area contributed by atoms with Crippen LogP contribution in [0.4, 0.5) is 10.5 Å². The van der Waals surface area contributed by atoms with Gasteiger partial charge >= 0.3 is 6.03 Å². The molecule has 39 heavy (non-hydrogen) atoms. The van der Waals surface area contributed by atoms with Gasteiger partial charge in [0.1, 0.15) is 12.2 Å². The molecule has 1 fully saturated rings. The fourth-order valence-corrected chi connectivity index (χ4v) is 4.52. The third-order valence-electron chi connectivity index (χ3n) is 6.55. The second-order valence-electron chi connectivity index (χ2n) is 9.04. The van der Waals surface area contributed by atoms with Crippen LogP contribution in [0.2, 0.25) is 0 Å². The number of ether oxygens (including phenoxy) is 2. The summed E-state index contributed by atoms with van der Waals surface area (Å²) in [6, 6.07) is 25.7. The molecular weight excluding hydrogens is 492 g/mol. The van der Waals surface area contributed by atoms with Crippen LogP contribution in [-0.4, -0.2) is 24.5 Å². The Bertz CT molecular complexity index is 1580. The van der Waals surface area contributed by atoms with Crippen molar-refractivity contribution in [3.63, 3.8) is 0 Å². The number of nitrogens with one attached hydrogen (secondary N) is 1. The summed E-state index contributed by atoms with van der Waals surface area (Å²) in [5.74, 6) is -0.416. The van der Waals surface area contributed by atoms with Gasteiger partial charge in [-0.25, -0.2) is 9.69 Å². The summed E-state index contributed by atoms with van der Waals surface area (Å²) < 4.78 is 12.0. The number of carbonyl (C=O) groups is 3. The summed E-state index contributed by atoms with van der Waals surface area (Å²) in [4.78, 5) is 39.4. The van der Waals surface area contributed by atoms with Gasteiger partial charge in [-0.3, -0.25) is 14.9 Å². The van der Waals surface area contributed by atoms with Crippen LogP contribution < -0.4 is 19.7 Å². The van der Waals surface area contributed by atoms with Gasteiger partial charge in [0, 0.05) is 0 Å². The molecule has 0 spiro atoms. The normalized spacial score (nSPS) is 14.6. The summed E-state index contributed by atoms with van der Waals surface area (Å²) in [5, 5.41) is 4.51. The smallest absolute Gasteiger partial charge is 0.335 e. The van der Waals surface area contributed by atoms with Crippen molar-refractivity contribution >= 4 is 40.4 Å². The number of amides is 4. The first-order valence-electron chi connectivity index (χ1n) is 12.8. The van der Waals surface area contributed by atoms with E-state index in [1.807, 2.05) is 50.2 Å². The minimum Gasteiger partial charge on any atom is -0.490 e. The van der Waals surface area contributed by atoms with Gasteiger partial charge in [0.05, 0.1) is 12.3 Å². The number of imide groups is 2. The fourth-order valence-electron chi connectivity index (χ4n) is 4.52. The van der Waals surface area contributed by atoms with E-state index in [-0.39, 0.29) is 5.57 Å². The van der Waals surface area contributed by atoms with Gasteiger partial charge in [0.25, 0.3) is 11.8 Å². The molecule has 0 radical (unpaired) electrons. The molecule has 1 N–H and O–H groups in total. The number of aryl methyl sites for hydroxylation is 1. The number of carbonyl (C=O) groups excluding carboxylic acids is 3. The van der Waals surface area contributed by atoms with E-state index in [0.717, 1.165) is 33.2 Å². The van der Waals surface area contributed by atoms with Crippen LogP contribution in [-0.2, 0) is 22.6 Å². The van der Waals surface area contributed by atoms with Gasteiger partial charge in [-0.15, -0.1) is 0 Å². The first kappa shape index (κ1) is 25.7. The number of hydrogen-bond donors (Lipinski definition) is 1. The lowest BCUT2D eigenvalue weighted by molar-refractivity contribution is -0.122. The number of anilines is 1. The topological polar surface area (TPSA) is 84.9 Å². The maximum Gasteiger partial charge on any atom is 0.335 e. The second-order valence-corrected chi connectivity index (χ2v) is 9.04. The van der Waals surface area contributed by atoms with Crippen molar-refractivity contribution < 1.29 is 23.9 Å². The highest BCUT2D eigenvalue weighted by Crippen LogP contribution is 2.32. The maximum absolute atomic E-state index is 13.3. The van der Waals surface area contributed by atoms with Crippen molar-refractivity contribution in [2.75, 3.05) is 11.5 Å². The Morgan fingerprint density at radius 1 is 0.821 bits per heavy atom. The summed E-state index contributed by atoms with van der Waals surface area (Å²) in [5.41, 5.74) is 2.91. The molecule has 7 nitrogen and oxygen atoms in total. The SMILES string of the molecule is CCOc1cc(/C=C2/C(=O)NC(=O)N(c3ccc(CC)cc3)C2=O)ccc1OCc1cccc2ccccc12. The molecule has 196 valence electrons. The van der Waals surface area contributed by atoms with E-state index < -0.39 is 17.8 Å². The average molecular weight is 521 g/mol. The lowest BCUT2D eigenvalue weighted by Gasteiger charge is -2.26. The molecule has 0 unspecified atom stereocenters. The highest BCUT2D eigenvalue weighted by Gasteiger charge is 2.36. The summed E-state index contributed by atoms with van der Waals surface area (Å²) in [7, 11) is 0. The molecule has 4 aromatic rings. The van der Waals surface area contributed by atoms with Gasteiger partial charge < -0.3 is 9.47 Å². The highest BCUT2D eigenvalue weighted by atomic mass is 16.5. The zero-order valence-corrected chi connectivity index (χ0v) is 21.8. The Kier molecular flexibility index (Phi) is 7.41. The van der Waals surface area contributed by atoms with Crippen LogP contribution in [0.1, 0.15) is 30.5 Å². The van der Waals surface area contributed by atoms with Crippen molar-refractivity contribution in [1.29, 1.82) is 0 Å². The standard InChI is InChI=1S/C32H28N2O5/c1-3-21-12-15-25(16-13-21)34-31(36)27(30(35)33-32(34)37)18-22-14-17-28(29(19-22)38-4-2)39-20-24-10-7-9-23-8-5-6-11-26(23)24/h5-19H,3-4,20H2,1-2H3,(H,33,35,37)/b27-18-. The minimum absolute atomic E-state index is 0.152. The molecule has 7 heteroatoms. The minimum atomic E-state index is -0.779. The third-order valence-corrected chi connectivity index (χ3v) is 6.55. The van der Waals surface area contributed by atoms with Crippen molar-refractivity contribution in [2.45, 2.75) is 26.9 Å². The zero-order chi connectivity index (χ0) is 27.4. The molecule has 0 aromatic heterocycles. The third kappa shape index (κ3) is 5.38. The van der Waals surface area contributed by atoms with Crippen LogP contribution in [0, 0.1) is 0 Å². The molecule has 1 aliphatic heterocycles. The second kappa shape index (κ2) is 11.2. The van der Waals surface area contributed by atoms with Crippen molar-refractivity contribution in [3.05, 3.63) is 107 Å². The van der Waals surface area contributed by atoms with Gasteiger partial charge in [-0.2, -0.15) is 0 Å². The fraction of sp³-hybridized carbons (Fsp3) is 0.156. The van der Waals surface area contributed by atoms with Gasteiger partial charge in [0.15, 0.2) is 11.5 Å². The summed E-state index contributed by atoms with van der Waals surface area (Å²) in [6.07, 6.45) is 2.28. The number of rotatable bonds is 8. The molecular formula is C32H28N2O5. The molecule has 0 saturated carbocycles. The van der Waals surface area contributed by atoms with Gasteiger partial charge in [-0.05, 0) is 71.1 Å². The molecule has 0 bridgehead atoms. The van der Waals surface area contributed by atoms with Gasteiger partial charge in [0.2, 0.25) is 0 Å². The number of barbiturate groups is 1. The Morgan fingerprint density at radius 2 is 1.59 bits per heavy atom. The van der Waals surface area contributed by atoms with Gasteiger partial charge in [-0.1, -0.05) is 67.6 Å². The largest absolute Gasteiger partial charge is 0.490 e. The quantitative estimate of drug-likeness (QED) is 0.226. The first-order valence-corrected chi connectivity index (χ1v) is 12.8. The molecule has 1 heterocycles. The van der Waals surface area contributed by atoms with Crippen molar-refractivity contribution in [2.24, 2.45) is 0 Å². The zero-order valence-electron chi connectivity index (χ0n) is 21.8. The van der Waals surface area contributed by atoms with E-state index >= 15 is 0 Å². The molecule has 1 aliphatic rings. The van der Waals surface area contributed by atoms with E-state index in [0.29, 0.717) is 36.0 Å². The molecule has 0 atom stereocenters. The number of benzene rings is 4. The predicted octanol–water partition coefficient (Wildman–Crippen LogP) is 6.05. The van der Waals surface area contributed by atoms with E-state index in [1.165, 1.54) is 6.08 Å². The van der Waals surface area contributed by atoms with Crippen LogP contribution >= 0.6 is 0 Å². The van der Waals surface area contributed by atoms with Crippen molar-refractivity contribution in [3.8, 4) is 11.5 Å². The summed E-state index contributed by atoms with van der Waals surface area (Å²) >= 11 is 0. The number of hydrogen-bond acceptors (Lipinski definition) is 5. The lowest BCUT2D eigenvalue weighted by atomic mass is 10.1. The number of nitrogens with zero attached hydrogens (tertiary/aromatic N) is 1. The lowest BCUT2D eigenvalue weighted by Crippen LogP contribution is -2.54. The predicted molar refractivity (Wildman–Crippen MR) is 151 cm³/mol. The van der Waals surface area contributed by atoms with Crippen molar-refractivity contribution in [1.82, 2.24) is 5.32 Å². The summed E-state index contributed by atoms with van der Waals surface area (Å²) in [6.45, 7) is 4.63. The Hall–Kier alpha value is -4.91. The first-order chi connectivity index (χ1) is 19.0. The van der Waals surface area contributed by atoms with Crippen LogP contribution in [0.15, 0.2) is 90.5 Å². The molecule has 1 saturated heterocycles. The molecule has 4 amide bonds. The molecule has 0 aliphatic carbocycles. The van der Waals surface area contributed by atoms with Crippen LogP contribution in [0.5, 0.6) is 11.5 Å². The van der Waals surface area contributed by atoms with E-state index in [9.17, 15) is 14.4 Å². The Morgan fingerprint density at radius 3 is 2.36 bits per heavy atom. The van der Waals surface area contributed by atoms with Crippen LogP contribution in [0.25, 0.3) is 16.8 Å². The molecule has 5 rings (SSSR count).